The van der Waals surface area contributed by atoms with E-state index in [1.165, 1.54) is 11.5 Å². The number of nitrogens with zero attached hydrogens (tertiary/aromatic N) is 1. The highest BCUT2D eigenvalue weighted by molar-refractivity contribution is 8.46. The number of halogens is 4. The third-order valence-corrected chi connectivity index (χ3v) is 9.81. The predicted octanol–water partition coefficient (Wildman–Crippen LogP) is 4.32. The van der Waals surface area contributed by atoms with Gasteiger partial charge in [-0.3, -0.25) is 0 Å². The molecule has 0 atom stereocenters. The van der Waals surface area contributed by atoms with Crippen molar-refractivity contribution in [3.05, 3.63) is 0 Å². The summed E-state index contributed by atoms with van der Waals surface area (Å²) in [4.78, 5) is -5.17. The zero-order valence-corrected chi connectivity index (χ0v) is 11.1. The first-order chi connectivity index (χ1) is 4.15. The Hall–Kier alpha value is 2.42. The van der Waals surface area contributed by atoms with Gasteiger partial charge in [-0.05, 0) is 23.6 Å². The molecule has 0 saturated heterocycles. The van der Waals surface area contributed by atoms with Crippen LogP contribution in [0.5, 0.6) is 0 Å². The van der Waals surface area contributed by atoms with Gasteiger partial charge in [-0.1, -0.05) is 45.0 Å². The normalized spacial score (nSPS) is 14.2. The molecule has 0 aliphatic heterocycles. The first-order valence-electron chi connectivity index (χ1n) is 1.89. The molecule has 0 saturated carbocycles. The summed E-state index contributed by atoms with van der Waals surface area (Å²) in [6, 6.07) is 0. The molecule has 0 aromatic rings. The lowest BCUT2D eigenvalue weighted by molar-refractivity contribution is 0.928. The second-order valence-electron chi connectivity index (χ2n) is 1.36. The van der Waals surface area contributed by atoms with E-state index in [-0.39, 0.29) is 0 Å². The third kappa shape index (κ3) is 4.45. The van der Waals surface area contributed by atoms with Crippen LogP contribution in [0.2, 0.25) is 0 Å². The van der Waals surface area contributed by atoms with Crippen LogP contribution < -0.4 is 0 Å². The van der Waals surface area contributed by atoms with Crippen LogP contribution in [0.25, 0.3) is 0 Å². The van der Waals surface area contributed by atoms with Crippen LogP contribution in [0, 0.1) is 0 Å². The summed E-state index contributed by atoms with van der Waals surface area (Å²) >= 11 is 31.7. The average molecular weight is 297 g/mol. The van der Waals surface area contributed by atoms with Gasteiger partial charge < -0.3 is 0 Å². The van der Waals surface area contributed by atoms with Crippen molar-refractivity contribution < 1.29 is 0 Å². The zero-order valence-electron chi connectivity index (χ0n) is 4.67. The molecule has 0 bridgehead atoms. The van der Waals surface area contributed by atoms with Gasteiger partial charge >= 0.3 is 0 Å². The predicted molar refractivity (Wildman–Crippen MR) is 59.7 cm³/mol. The molecular weight excluding hydrogens is 294 g/mol. The van der Waals surface area contributed by atoms with E-state index in [1.54, 1.807) is 0 Å². The van der Waals surface area contributed by atoms with E-state index in [2.05, 4.69) is 0 Å². The Labute approximate surface area is 89.2 Å². The van der Waals surface area contributed by atoms with Gasteiger partial charge in [-0.25, -0.2) is 4.44 Å². The maximum Gasteiger partial charge on any atom is 0.189 e. The Morgan fingerprint density at radius 2 is 1.20 bits per heavy atom. The summed E-state index contributed by atoms with van der Waals surface area (Å²) in [6.07, 6.45) is 0. The van der Waals surface area contributed by atoms with Gasteiger partial charge in [0.15, 0.2) is 9.79 Å². The van der Waals surface area contributed by atoms with Crippen LogP contribution in [-0.4, -0.2) is 11.5 Å². The Balaban J connectivity index is 4.56. The summed E-state index contributed by atoms with van der Waals surface area (Å²) in [5, 5.41) is 0. The van der Waals surface area contributed by atoms with Gasteiger partial charge in [0.25, 0.3) is 0 Å². The van der Waals surface area contributed by atoms with Crippen molar-refractivity contribution in [2.24, 2.45) is 0 Å². The van der Waals surface area contributed by atoms with Gasteiger partial charge in [0.2, 0.25) is 0 Å². The van der Waals surface area contributed by atoms with E-state index in [0.717, 1.165) is 0 Å². The van der Waals surface area contributed by atoms with Crippen LogP contribution in [0.1, 0.15) is 0 Å². The molecule has 62 valence electrons. The first kappa shape index (κ1) is 12.4. The molecule has 9 heteroatoms. The average Bonchev–Trinajstić information content (AvgIpc) is 1.59. The molecule has 10 heavy (non-hydrogen) atoms. The topological polar surface area (TPSA) is 3.24 Å². The van der Waals surface area contributed by atoms with E-state index >= 15 is 0 Å². The van der Waals surface area contributed by atoms with Crippen molar-refractivity contribution in [2.45, 2.75) is 0 Å². The Bertz CT molecular complexity index is 183. The maximum absolute atomic E-state index is 5.58. The summed E-state index contributed by atoms with van der Waals surface area (Å²) in [5.41, 5.74) is 0. The summed E-state index contributed by atoms with van der Waals surface area (Å²) in [7, 11) is 1.53. The minimum absolute atomic E-state index is 1.29. The minimum atomic E-state index is -2.59. The molecular formula is CH3Cl4NP2S2. The SMILES string of the molecule is CN(P(=S)(Cl)Cl)P(=S)(Cl)Cl. The quantitative estimate of drug-likeness (QED) is 0.699. The lowest BCUT2D eigenvalue weighted by atomic mass is 11.6. The number of rotatable bonds is 2. The number of hydrogen-bond donors (Lipinski definition) is 0. The van der Waals surface area contributed by atoms with Crippen LogP contribution in [0.4, 0.5) is 0 Å². The van der Waals surface area contributed by atoms with Crippen LogP contribution in [0.15, 0.2) is 0 Å². The van der Waals surface area contributed by atoms with Crippen molar-refractivity contribution in [1.29, 1.82) is 0 Å². The van der Waals surface area contributed by atoms with Crippen molar-refractivity contribution in [3.63, 3.8) is 0 Å². The molecule has 0 amide bonds. The Kier molecular flexibility index (Phi) is 5.07. The fourth-order valence-corrected chi connectivity index (χ4v) is 9.82. The summed E-state index contributed by atoms with van der Waals surface area (Å²) < 4.78 is 1.29. The molecule has 0 fully saturated rings. The van der Waals surface area contributed by atoms with E-state index in [4.69, 9.17) is 68.6 Å². The van der Waals surface area contributed by atoms with Gasteiger partial charge in [0, 0.05) is 7.05 Å². The van der Waals surface area contributed by atoms with E-state index in [9.17, 15) is 0 Å². The second kappa shape index (κ2) is 4.09. The highest BCUT2D eigenvalue weighted by atomic mass is 35.9. The minimum Gasteiger partial charge on any atom is -0.201 e. The van der Waals surface area contributed by atoms with Gasteiger partial charge in [-0.15, -0.1) is 0 Å². The fraction of sp³-hybridized carbons (Fsp3) is 1.00. The van der Waals surface area contributed by atoms with Crippen molar-refractivity contribution in [2.75, 3.05) is 7.05 Å². The van der Waals surface area contributed by atoms with E-state index < -0.39 is 9.79 Å². The highest BCUT2D eigenvalue weighted by Gasteiger charge is 2.27. The van der Waals surface area contributed by atoms with E-state index in [0.29, 0.717) is 0 Å². The second-order valence-corrected chi connectivity index (χ2v) is 17.1. The van der Waals surface area contributed by atoms with Gasteiger partial charge in [0.05, 0.1) is 0 Å². The van der Waals surface area contributed by atoms with Crippen LogP contribution in [-0.2, 0) is 23.6 Å². The molecule has 0 rings (SSSR count). The van der Waals surface area contributed by atoms with E-state index in [1.807, 2.05) is 0 Å². The molecule has 0 heterocycles. The third-order valence-electron chi connectivity index (χ3n) is 0.674. The van der Waals surface area contributed by atoms with Crippen molar-refractivity contribution in [3.8, 4) is 0 Å². The lowest BCUT2D eigenvalue weighted by Gasteiger charge is -2.23. The lowest BCUT2D eigenvalue weighted by Crippen LogP contribution is -1.97. The summed E-state index contributed by atoms with van der Waals surface area (Å²) in [6.45, 7) is 0. The van der Waals surface area contributed by atoms with Gasteiger partial charge in [0.1, 0.15) is 0 Å². The van der Waals surface area contributed by atoms with Gasteiger partial charge in [-0.2, -0.15) is 0 Å². The van der Waals surface area contributed by atoms with Crippen molar-refractivity contribution >= 4 is 78.4 Å². The molecule has 0 aromatic carbocycles. The monoisotopic (exact) mass is 295 g/mol. The zero-order chi connectivity index (χ0) is 8.58. The molecule has 0 unspecified atom stereocenters. The molecule has 0 aromatic heterocycles. The molecule has 0 aliphatic carbocycles. The fourth-order valence-electron chi connectivity index (χ4n) is 0.121. The van der Waals surface area contributed by atoms with Crippen LogP contribution >= 0.6 is 54.8 Å². The first-order valence-corrected chi connectivity index (χ1v) is 11.0. The van der Waals surface area contributed by atoms with Crippen LogP contribution in [0.3, 0.4) is 0 Å². The Morgan fingerprint density at radius 3 is 1.20 bits per heavy atom. The summed E-state index contributed by atoms with van der Waals surface area (Å²) in [5.74, 6) is 0. The smallest absolute Gasteiger partial charge is 0.189 e. The highest BCUT2D eigenvalue weighted by Crippen LogP contribution is 2.75. The molecule has 0 spiro atoms. The molecule has 0 N–H and O–H groups in total. The molecule has 0 aliphatic rings. The van der Waals surface area contributed by atoms with Crippen molar-refractivity contribution in [1.82, 2.24) is 4.44 Å². The Morgan fingerprint density at radius 1 is 1.00 bits per heavy atom. The molecule has 0 radical (unpaired) electrons. The maximum atomic E-state index is 5.58. The standard InChI is InChI=1S/CH3Cl4NP2S2/c1-6(7(2,3)9)8(4,5)10/h1H3. The number of hydrogen-bond acceptors (Lipinski definition) is 2. The molecule has 1 nitrogen and oxygen atoms in total. The largest absolute Gasteiger partial charge is 0.201 e.